The molecule has 0 aliphatic carbocycles. The molecule has 31 heavy (non-hydrogen) atoms. The van der Waals surface area contributed by atoms with Crippen LogP contribution in [0.3, 0.4) is 0 Å². The van der Waals surface area contributed by atoms with Crippen molar-refractivity contribution in [2.75, 3.05) is 11.9 Å². The maximum atomic E-state index is 13.2. The molecule has 1 aliphatic rings. The Morgan fingerprint density at radius 3 is 2.52 bits per heavy atom. The Morgan fingerprint density at radius 2 is 1.81 bits per heavy atom. The molecule has 1 aliphatic heterocycles. The number of benzene rings is 2. The molecule has 0 saturated carbocycles. The lowest BCUT2D eigenvalue weighted by Crippen LogP contribution is -2.35. The second kappa shape index (κ2) is 8.10. The van der Waals surface area contributed by atoms with Crippen LogP contribution in [0.25, 0.3) is 0 Å². The molecule has 1 N–H and O–H groups in total. The zero-order chi connectivity index (χ0) is 22.2. The molecule has 162 valence electrons. The van der Waals surface area contributed by atoms with Gasteiger partial charge in [0.25, 0.3) is 15.9 Å². The Kier molecular flexibility index (Phi) is 5.63. The number of thiophene rings is 1. The van der Waals surface area contributed by atoms with E-state index in [1.165, 1.54) is 16.4 Å². The maximum absolute atomic E-state index is 13.2. The molecule has 1 amide bonds. The van der Waals surface area contributed by atoms with Gasteiger partial charge in [0.2, 0.25) is 0 Å². The van der Waals surface area contributed by atoms with E-state index < -0.39 is 33.2 Å². The van der Waals surface area contributed by atoms with Gasteiger partial charge in [0.15, 0.2) is 0 Å². The summed E-state index contributed by atoms with van der Waals surface area (Å²) in [5.74, 6) is -0.883. The van der Waals surface area contributed by atoms with Gasteiger partial charge in [-0.25, -0.2) is 8.42 Å². The van der Waals surface area contributed by atoms with Gasteiger partial charge in [0.1, 0.15) is 4.21 Å². The predicted molar refractivity (Wildman–Crippen MR) is 111 cm³/mol. The minimum absolute atomic E-state index is 0.123. The van der Waals surface area contributed by atoms with Gasteiger partial charge in [-0.3, -0.25) is 4.79 Å². The molecule has 0 saturated heterocycles. The Labute approximate surface area is 181 Å². The average molecular weight is 467 g/mol. The number of sulfonamides is 1. The lowest BCUT2D eigenvalue weighted by molar-refractivity contribution is -0.137. The minimum atomic E-state index is -4.65. The summed E-state index contributed by atoms with van der Waals surface area (Å²) in [6.45, 7) is 0.455. The maximum Gasteiger partial charge on any atom is 0.417 e. The zero-order valence-corrected chi connectivity index (χ0v) is 17.7. The van der Waals surface area contributed by atoms with E-state index in [9.17, 15) is 26.4 Å². The summed E-state index contributed by atoms with van der Waals surface area (Å²) in [5, 5.41) is 4.19. The van der Waals surface area contributed by atoms with E-state index in [0.29, 0.717) is 24.2 Å². The SMILES string of the molecule is O=C(Nc1ccc2c(c1)CN(S(=O)(=O)c1cccs1)CC2)c1ccccc1C(F)(F)F. The third-order valence-corrected chi connectivity index (χ3v) is 8.23. The predicted octanol–water partition coefficient (Wildman–Crippen LogP) is 4.77. The molecule has 0 atom stereocenters. The van der Waals surface area contributed by atoms with Crippen molar-refractivity contribution in [3.05, 3.63) is 82.2 Å². The highest BCUT2D eigenvalue weighted by Crippen LogP contribution is 2.33. The van der Waals surface area contributed by atoms with Gasteiger partial charge in [-0.05, 0) is 53.3 Å². The molecule has 1 aromatic heterocycles. The Morgan fingerprint density at radius 1 is 1.03 bits per heavy atom. The topological polar surface area (TPSA) is 66.5 Å². The first kappa shape index (κ1) is 21.5. The summed E-state index contributed by atoms with van der Waals surface area (Å²) in [7, 11) is -3.62. The number of nitrogens with zero attached hydrogens (tertiary/aromatic N) is 1. The summed E-state index contributed by atoms with van der Waals surface area (Å²) in [4.78, 5) is 12.5. The van der Waals surface area contributed by atoms with Gasteiger partial charge in [-0.1, -0.05) is 24.3 Å². The van der Waals surface area contributed by atoms with Gasteiger partial charge in [-0.15, -0.1) is 11.3 Å². The molecule has 2 heterocycles. The van der Waals surface area contributed by atoms with E-state index in [4.69, 9.17) is 0 Å². The number of anilines is 1. The van der Waals surface area contributed by atoms with Crippen molar-refractivity contribution in [1.29, 1.82) is 0 Å². The van der Waals surface area contributed by atoms with Crippen LogP contribution in [0.4, 0.5) is 18.9 Å². The molecule has 0 spiro atoms. The van der Waals surface area contributed by atoms with E-state index in [1.54, 1.807) is 35.7 Å². The molecule has 0 bridgehead atoms. The molecule has 0 unspecified atom stereocenters. The van der Waals surface area contributed by atoms with Crippen molar-refractivity contribution in [3.8, 4) is 0 Å². The van der Waals surface area contributed by atoms with Crippen molar-refractivity contribution in [1.82, 2.24) is 4.31 Å². The number of carbonyl (C=O) groups is 1. The monoisotopic (exact) mass is 466 g/mol. The van der Waals surface area contributed by atoms with E-state index in [1.807, 2.05) is 0 Å². The van der Waals surface area contributed by atoms with E-state index in [0.717, 1.165) is 29.0 Å². The van der Waals surface area contributed by atoms with Crippen LogP contribution in [0, 0.1) is 0 Å². The number of alkyl halides is 3. The van der Waals surface area contributed by atoms with Crippen molar-refractivity contribution < 1.29 is 26.4 Å². The second-order valence-electron chi connectivity index (χ2n) is 7.00. The van der Waals surface area contributed by atoms with Crippen LogP contribution in [0.5, 0.6) is 0 Å². The number of rotatable bonds is 4. The number of fused-ring (bicyclic) bond motifs is 1. The molecule has 0 radical (unpaired) electrons. The fourth-order valence-corrected chi connectivity index (χ4v) is 6.04. The summed E-state index contributed by atoms with van der Waals surface area (Å²) >= 11 is 1.14. The Bertz CT molecular complexity index is 1220. The molecule has 4 rings (SSSR count). The Balaban J connectivity index is 1.57. The fourth-order valence-electron chi connectivity index (χ4n) is 3.48. The quantitative estimate of drug-likeness (QED) is 0.603. The van der Waals surface area contributed by atoms with Crippen LogP contribution in [0.1, 0.15) is 27.0 Å². The molecule has 10 heteroatoms. The number of amides is 1. The van der Waals surface area contributed by atoms with E-state index in [-0.39, 0.29) is 10.8 Å². The van der Waals surface area contributed by atoms with E-state index in [2.05, 4.69) is 5.32 Å². The van der Waals surface area contributed by atoms with Gasteiger partial charge in [0.05, 0.1) is 11.1 Å². The lowest BCUT2D eigenvalue weighted by atomic mass is 10.00. The minimum Gasteiger partial charge on any atom is -0.322 e. The molecular formula is C21H17F3N2O3S2. The first-order chi connectivity index (χ1) is 14.7. The van der Waals surface area contributed by atoms with E-state index >= 15 is 0 Å². The van der Waals surface area contributed by atoms with Gasteiger partial charge in [0, 0.05) is 18.8 Å². The van der Waals surface area contributed by atoms with Crippen molar-refractivity contribution in [2.45, 2.75) is 23.4 Å². The number of carbonyl (C=O) groups excluding carboxylic acids is 1. The highest BCUT2D eigenvalue weighted by atomic mass is 32.2. The normalized spacial score (nSPS) is 14.8. The summed E-state index contributed by atoms with van der Waals surface area (Å²) < 4.78 is 66.8. The van der Waals surface area contributed by atoms with Crippen LogP contribution in [-0.2, 0) is 29.2 Å². The standard InChI is InChI=1S/C21H17F3N2O3S2/c22-21(23,24)18-5-2-1-4-17(18)20(27)25-16-8-7-14-9-10-26(13-15(14)12-16)31(28,29)19-6-3-11-30-19/h1-8,11-12H,9-10,13H2,(H,25,27). The fraction of sp³-hybridized carbons (Fsp3) is 0.190. The number of hydrogen-bond donors (Lipinski definition) is 1. The first-order valence-electron chi connectivity index (χ1n) is 9.29. The van der Waals surface area contributed by atoms with Gasteiger partial charge < -0.3 is 5.32 Å². The average Bonchev–Trinajstić information content (AvgIpc) is 3.28. The number of nitrogens with one attached hydrogen (secondary N) is 1. The summed E-state index contributed by atoms with van der Waals surface area (Å²) in [6, 6.07) is 12.8. The van der Waals surface area contributed by atoms with Crippen molar-refractivity contribution >= 4 is 33.0 Å². The first-order valence-corrected chi connectivity index (χ1v) is 11.6. The highest BCUT2D eigenvalue weighted by molar-refractivity contribution is 7.91. The van der Waals surface area contributed by atoms with Crippen LogP contribution >= 0.6 is 11.3 Å². The second-order valence-corrected chi connectivity index (χ2v) is 10.1. The third kappa shape index (κ3) is 4.36. The molecule has 5 nitrogen and oxygen atoms in total. The zero-order valence-electron chi connectivity index (χ0n) is 16.0. The largest absolute Gasteiger partial charge is 0.417 e. The third-order valence-electron chi connectivity index (χ3n) is 5.01. The van der Waals surface area contributed by atoms with Crippen LogP contribution < -0.4 is 5.32 Å². The number of halogens is 3. The smallest absolute Gasteiger partial charge is 0.322 e. The summed E-state index contributed by atoms with van der Waals surface area (Å²) in [5.41, 5.74) is 0.448. The van der Waals surface area contributed by atoms with Crippen LogP contribution in [0.15, 0.2) is 64.2 Å². The Hall–Kier alpha value is -2.69. The molecular weight excluding hydrogens is 449 g/mol. The summed E-state index contributed by atoms with van der Waals surface area (Å²) in [6.07, 6.45) is -4.15. The lowest BCUT2D eigenvalue weighted by Gasteiger charge is -2.28. The van der Waals surface area contributed by atoms with Crippen LogP contribution in [-0.4, -0.2) is 25.2 Å². The van der Waals surface area contributed by atoms with Crippen LogP contribution in [0.2, 0.25) is 0 Å². The molecule has 2 aromatic carbocycles. The molecule has 0 fully saturated rings. The van der Waals surface area contributed by atoms with Crippen molar-refractivity contribution in [3.63, 3.8) is 0 Å². The highest BCUT2D eigenvalue weighted by Gasteiger charge is 2.35. The van der Waals surface area contributed by atoms with Gasteiger partial charge >= 0.3 is 6.18 Å². The van der Waals surface area contributed by atoms with Gasteiger partial charge in [-0.2, -0.15) is 17.5 Å². The number of hydrogen-bond acceptors (Lipinski definition) is 4. The molecule has 3 aromatic rings. The van der Waals surface area contributed by atoms with Crippen molar-refractivity contribution in [2.24, 2.45) is 0 Å².